The van der Waals surface area contributed by atoms with Crippen molar-refractivity contribution in [1.82, 2.24) is 9.78 Å². The van der Waals surface area contributed by atoms with E-state index < -0.39 is 0 Å². The van der Waals surface area contributed by atoms with Gasteiger partial charge in [-0.3, -0.25) is 0 Å². The first-order chi connectivity index (χ1) is 17.5. The average Bonchev–Trinajstić information content (AvgIpc) is 3.31. The summed E-state index contributed by atoms with van der Waals surface area (Å²) in [5.74, 6) is 2.46. The van der Waals surface area contributed by atoms with Gasteiger partial charge in [-0.15, -0.1) is 0 Å². The Kier molecular flexibility index (Phi) is 6.01. The highest BCUT2D eigenvalue weighted by atomic mass is 19.1. The van der Waals surface area contributed by atoms with Crippen LogP contribution in [0.3, 0.4) is 0 Å². The van der Waals surface area contributed by atoms with E-state index in [1.165, 1.54) is 12.1 Å². The highest BCUT2D eigenvalue weighted by Crippen LogP contribution is 2.45. The van der Waals surface area contributed by atoms with Gasteiger partial charge < -0.3 is 23.7 Å². The maximum absolute atomic E-state index is 13.8. The SMILES string of the molecule is COc1cc(-c2nn(-c3ccc(F)cc3)c3c2ccc2c(OC)c(OC)ccc23)cc(OC)c1OC. The molecule has 1 aromatic heterocycles. The number of aromatic nitrogens is 2. The van der Waals surface area contributed by atoms with Crippen LogP contribution in [0, 0.1) is 5.82 Å². The lowest BCUT2D eigenvalue weighted by molar-refractivity contribution is 0.324. The molecule has 5 aromatic rings. The van der Waals surface area contributed by atoms with Gasteiger partial charge in [-0.1, -0.05) is 0 Å². The van der Waals surface area contributed by atoms with Gasteiger partial charge in [-0.25, -0.2) is 9.07 Å². The lowest BCUT2D eigenvalue weighted by Crippen LogP contribution is -1.98. The molecule has 0 unspecified atom stereocenters. The molecule has 0 fully saturated rings. The second kappa shape index (κ2) is 9.30. The van der Waals surface area contributed by atoms with Gasteiger partial charge >= 0.3 is 0 Å². The molecule has 0 radical (unpaired) electrons. The van der Waals surface area contributed by atoms with Crippen molar-refractivity contribution in [3.8, 4) is 45.7 Å². The molecular formula is C28H25FN2O5. The van der Waals surface area contributed by atoms with Crippen LogP contribution < -0.4 is 23.7 Å². The Morgan fingerprint density at radius 2 is 1.19 bits per heavy atom. The molecule has 184 valence electrons. The molecule has 0 amide bonds. The third-order valence-corrected chi connectivity index (χ3v) is 6.19. The first-order valence-electron chi connectivity index (χ1n) is 11.2. The summed E-state index contributed by atoms with van der Waals surface area (Å²) < 4.78 is 43.4. The standard InChI is InChI=1S/C28H25FN2O5/c1-32-22-13-12-19-20(27(22)35-4)10-11-21-25(16-14-23(33-2)28(36-5)24(15-16)34-3)30-31(26(19)21)18-8-6-17(29)7-9-18/h6-15H,1-5H3. The average molecular weight is 489 g/mol. The van der Waals surface area contributed by atoms with Crippen molar-refractivity contribution < 1.29 is 28.1 Å². The van der Waals surface area contributed by atoms with Gasteiger partial charge in [0.2, 0.25) is 5.75 Å². The zero-order chi connectivity index (χ0) is 25.4. The maximum atomic E-state index is 13.8. The summed E-state index contributed by atoms with van der Waals surface area (Å²) in [7, 11) is 7.92. The van der Waals surface area contributed by atoms with Crippen molar-refractivity contribution >= 4 is 21.7 Å². The van der Waals surface area contributed by atoms with E-state index in [0.717, 1.165) is 27.2 Å². The molecule has 4 aromatic carbocycles. The van der Waals surface area contributed by atoms with E-state index in [4.69, 9.17) is 28.8 Å². The van der Waals surface area contributed by atoms with E-state index in [1.807, 2.05) is 41.1 Å². The summed E-state index contributed by atoms with van der Waals surface area (Å²) in [6, 6.07) is 17.7. The van der Waals surface area contributed by atoms with Crippen LogP contribution in [-0.4, -0.2) is 45.3 Å². The fraction of sp³-hybridized carbons (Fsp3) is 0.179. The van der Waals surface area contributed by atoms with Crippen LogP contribution >= 0.6 is 0 Å². The molecule has 0 aliphatic carbocycles. The Morgan fingerprint density at radius 1 is 0.611 bits per heavy atom. The number of nitrogens with zero attached hydrogens (tertiary/aromatic N) is 2. The second-order valence-corrected chi connectivity index (χ2v) is 8.01. The van der Waals surface area contributed by atoms with Crippen LogP contribution in [0.5, 0.6) is 28.7 Å². The fourth-order valence-corrected chi connectivity index (χ4v) is 4.54. The molecule has 8 heteroatoms. The van der Waals surface area contributed by atoms with Crippen molar-refractivity contribution in [3.05, 3.63) is 66.5 Å². The predicted molar refractivity (Wildman–Crippen MR) is 137 cm³/mol. The van der Waals surface area contributed by atoms with Gasteiger partial charge in [-0.2, -0.15) is 5.10 Å². The van der Waals surface area contributed by atoms with Crippen LogP contribution in [0.15, 0.2) is 60.7 Å². The molecule has 0 bridgehead atoms. The highest BCUT2D eigenvalue weighted by molar-refractivity contribution is 6.12. The van der Waals surface area contributed by atoms with E-state index in [0.29, 0.717) is 40.1 Å². The number of benzene rings is 4. The third-order valence-electron chi connectivity index (χ3n) is 6.19. The van der Waals surface area contributed by atoms with Gasteiger partial charge in [0.15, 0.2) is 23.0 Å². The van der Waals surface area contributed by atoms with Gasteiger partial charge in [0.1, 0.15) is 11.5 Å². The number of fused-ring (bicyclic) bond motifs is 3. The molecule has 1 heterocycles. The van der Waals surface area contributed by atoms with Gasteiger partial charge in [0.05, 0.1) is 46.8 Å². The zero-order valence-electron chi connectivity index (χ0n) is 20.6. The molecule has 36 heavy (non-hydrogen) atoms. The van der Waals surface area contributed by atoms with Gasteiger partial charge in [0.25, 0.3) is 0 Å². The van der Waals surface area contributed by atoms with E-state index in [9.17, 15) is 4.39 Å². The zero-order valence-corrected chi connectivity index (χ0v) is 20.6. The van der Waals surface area contributed by atoms with E-state index in [2.05, 4.69) is 0 Å². The van der Waals surface area contributed by atoms with Crippen molar-refractivity contribution in [2.75, 3.05) is 35.5 Å². The molecule has 0 saturated carbocycles. The van der Waals surface area contributed by atoms with E-state index >= 15 is 0 Å². The Hall–Kier alpha value is -4.46. The van der Waals surface area contributed by atoms with E-state index in [-0.39, 0.29) is 5.82 Å². The summed E-state index contributed by atoms with van der Waals surface area (Å²) in [6.07, 6.45) is 0. The Labute approximate surface area is 207 Å². The monoisotopic (exact) mass is 488 g/mol. The van der Waals surface area contributed by atoms with Crippen molar-refractivity contribution in [3.63, 3.8) is 0 Å². The molecule has 0 aliphatic heterocycles. The summed E-state index contributed by atoms with van der Waals surface area (Å²) in [4.78, 5) is 0. The van der Waals surface area contributed by atoms with Gasteiger partial charge in [-0.05, 0) is 60.7 Å². The lowest BCUT2D eigenvalue weighted by atomic mass is 10.0. The molecule has 0 spiro atoms. The number of hydrogen-bond donors (Lipinski definition) is 0. The third kappa shape index (κ3) is 3.62. The minimum absolute atomic E-state index is 0.323. The van der Waals surface area contributed by atoms with Crippen LogP contribution in [0.25, 0.3) is 38.6 Å². The Balaban J connectivity index is 1.88. The highest BCUT2D eigenvalue weighted by Gasteiger charge is 2.22. The minimum Gasteiger partial charge on any atom is -0.493 e. The number of rotatable bonds is 7. The van der Waals surface area contributed by atoms with Crippen LogP contribution in [0.2, 0.25) is 0 Å². The molecular weight excluding hydrogens is 463 g/mol. The minimum atomic E-state index is -0.323. The lowest BCUT2D eigenvalue weighted by Gasteiger charge is -2.13. The molecule has 0 saturated heterocycles. The molecule has 0 aliphatic rings. The predicted octanol–water partition coefficient (Wildman–Crippen LogP) is 6.03. The summed E-state index contributed by atoms with van der Waals surface area (Å²) >= 11 is 0. The summed E-state index contributed by atoms with van der Waals surface area (Å²) in [5, 5.41) is 7.64. The summed E-state index contributed by atoms with van der Waals surface area (Å²) in [6.45, 7) is 0. The van der Waals surface area contributed by atoms with E-state index in [1.54, 1.807) is 47.7 Å². The summed E-state index contributed by atoms with van der Waals surface area (Å²) in [5.41, 5.74) is 3.02. The quantitative estimate of drug-likeness (QED) is 0.279. The first kappa shape index (κ1) is 23.3. The Morgan fingerprint density at radius 3 is 1.78 bits per heavy atom. The molecule has 5 rings (SSSR count). The number of hydrogen-bond acceptors (Lipinski definition) is 6. The fourth-order valence-electron chi connectivity index (χ4n) is 4.54. The molecule has 0 N–H and O–H groups in total. The maximum Gasteiger partial charge on any atom is 0.203 e. The van der Waals surface area contributed by atoms with Crippen molar-refractivity contribution in [2.45, 2.75) is 0 Å². The Bertz CT molecular complexity index is 1550. The van der Waals surface area contributed by atoms with Crippen LogP contribution in [0.4, 0.5) is 4.39 Å². The number of methoxy groups -OCH3 is 5. The smallest absolute Gasteiger partial charge is 0.203 e. The van der Waals surface area contributed by atoms with Crippen LogP contribution in [-0.2, 0) is 0 Å². The number of ether oxygens (including phenoxy) is 5. The largest absolute Gasteiger partial charge is 0.493 e. The first-order valence-corrected chi connectivity index (χ1v) is 11.2. The van der Waals surface area contributed by atoms with Gasteiger partial charge in [0, 0.05) is 21.7 Å². The van der Waals surface area contributed by atoms with Crippen molar-refractivity contribution in [1.29, 1.82) is 0 Å². The normalized spacial score (nSPS) is 11.1. The van der Waals surface area contributed by atoms with Crippen molar-refractivity contribution in [2.24, 2.45) is 0 Å². The van der Waals surface area contributed by atoms with Crippen LogP contribution in [0.1, 0.15) is 0 Å². The molecule has 7 nitrogen and oxygen atoms in total. The topological polar surface area (TPSA) is 64.0 Å². The molecule has 0 atom stereocenters. The number of halogens is 1. The second-order valence-electron chi connectivity index (χ2n) is 8.01.